The second-order valence-corrected chi connectivity index (χ2v) is 9.69. The van der Waals surface area contributed by atoms with Gasteiger partial charge in [-0.2, -0.15) is 5.10 Å². The number of carbonyl (C=O) groups excluding carboxylic acids is 2. The number of amides is 1. The fourth-order valence-corrected chi connectivity index (χ4v) is 4.97. The van der Waals surface area contributed by atoms with E-state index in [2.05, 4.69) is 15.7 Å². The van der Waals surface area contributed by atoms with Gasteiger partial charge >= 0.3 is 5.97 Å². The maximum atomic E-state index is 13.7. The lowest BCUT2D eigenvalue weighted by molar-refractivity contribution is -0.145. The van der Waals surface area contributed by atoms with E-state index in [4.69, 9.17) is 4.74 Å². The van der Waals surface area contributed by atoms with E-state index in [1.54, 1.807) is 15.8 Å². The van der Waals surface area contributed by atoms with Crippen LogP contribution in [-0.2, 0) is 29.5 Å². The van der Waals surface area contributed by atoms with E-state index in [0.717, 1.165) is 59.8 Å². The van der Waals surface area contributed by atoms with Crippen LogP contribution in [0.2, 0.25) is 0 Å². The van der Waals surface area contributed by atoms with Crippen LogP contribution < -0.4 is 15.5 Å². The van der Waals surface area contributed by atoms with Crippen LogP contribution in [0.3, 0.4) is 0 Å². The predicted molar refractivity (Wildman–Crippen MR) is 139 cm³/mol. The molecule has 1 amide bonds. The van der Waals surface area contributed by atoms with Crippen LogP contribution in [0.4, 0.5) is 17.2 Å². The molecule has 36 heavy (non-hydrogen) atoms. The van der Waals surface area contributed by atoms with Gasteiger partial charge in [0.25, 0.3) is 5.91 Å². The molecule has 2 aliphatic heterocycles. The summed E-state index contributed by atoms with van der Waals surface area (Å²) in [5, 5.41) is 11.1. The van der Waals surface area contributed by atoms with Gasteiger partial charge in [-0.05, 0) is 80.6 Å². The number of hydrogen-bond acceptors (Lipinski definition) is 6. The Hall–Kier alpha value is -3.65. The molecule has 0 spiro atoms. The van der Waals surface area contributed by atoms with E-state index in [-0.39, 0.29) is 11.9 Å². The number of benzene rings is 2. The van der Waals surface area contributed by atoms with Crippen molar-refractivity contribution in [2.45, 2.75) is 39.2 Å². The molecular weight excluding hydrogens is 454 g/mol. The highest BCUT2D eigenvalue weighted by atomic mass is 16.5. The van der Waals surface area contributed by atoms with Crippen LogP contribution >= 0.6 is 0 Å². The van der Waals surface area contributed by atoms with Gasteiger partial charge in [0, 0.05) is 24.6 Å². The molecule has 188 valence electrons. The number of anilines is 3. The lowest BCUT2D eigenvalue weighted by Crippen LogP contribution is -2.30. The van der Waals surface area contributed by atoms with Crippen LogP contribution in [0.15, 0.2) is 48.7 Å². The Bertz CT molecular complexity index is 1260. The molecule has 5 rings (SSSR count). The molecule has 1 fully saturated rings. The SMILES string of the molecule is Cc1cc(C(=O)N2Cc3cnn(C)c3Nc3ccccc32)ccc1CCC(=O)OCC1CCNCC1. The topological polar surface area (TPSA) is 88.5 Å². The number of aromatic nitrogens is 2. The first-order valence-electron chi connectivity index (χ1n) is 12.6. The maximum Gasteiger partial charge on any atom is 0.306 e. The highest BCUT2D eigenvalue weighted by Crippen LogP contribution is 2.36. The summed E-state index contributed by atoms with van der Waals surface area (Å²) in [6.45, 7) is 4.92. The average molecular weight is 488 g/mol. The van der Waals surface area contributed by atoms with Gasteiger partial charge in [-0.15, -0.1) is 0 Å². The molecule has 0 atom stereocenters. The lowest BCUT2D eigenvalue weighted by Gasteiger charge is -2.23. The molecule has 1 saturated heterocycles. The van der Waals surface area contributed by atoms with Gasteiger partial charge in [-0.25, -0.2) is 0 Å². The van der Waals surface area contributed by atoms with Gasteiger partial charge in [0.1, 0.15) is 5.82 Å². The van der Waals surface area contributed by atoms with Crippen LogP contribution in [0.1, 0.15) is 46.3 Å². The molecule has 3 heterocycles. The van der Waals surface area contributed by atoms with E-state index in [1.165, 1.54) is 0 Å². The Morgan fingerprint density at radius 2 is 1.94 bits per heavy atom. The van der Waals surface area contributed by atoms with Crippen molar-refractivity contribution >= 4 is 29.1 Å². The summed E-state index contributed by atoms with van der Waals surface area (Å²) < 4.78 is 7.31. The minimum Gasteiger partial charge on any atom is -0.465 e. The molecule has 0 aliphatic carbocycles. The number of carbonyl (C=O) groups is 2. The van der Waals surface area contributed by atoms with E-state index in [1.807, 2.05) is 56.4 Å². The number of nitrogens with zero attached hydrogens (tertiary/aromatic N) is 3. The van der Waals surface area contributed by atoms with Gasteiger partial charge in [-0.1, -0.05) is 18.2 Å². The van der Waals surface area contributed by atoms with Gasteiger partial charge in [-0.3, -0.25) is 14.3 Å². The molecule has 2 aromatic carbocycles. The molecule has 0 bridgehead atoms. The molecule has 8 heteroatoms. The summed E-state index contributed by atoms with van der Waals surface area (Å²) >= 11 is 0. The average Bonchev–Trinajstić information content (AvgIpc) is 3.14. The van der Waals surface area contributed by atoms with Gasteiger partial charge in [0.15, 0.2) is 0 Å². The lowest BCUT2D eigenvalue weighted by atomic mass is 9.99. The number of esters is 1. The highest BCUT2D eigenvalue weighted by molar-refractivity contribution is 6.08. The number of fused-ring (bicyclic) bond motifs is 2. The zero-order valence-electron chi connectivity index (χ0n) is 20.9. The Kier molecular flexibility index (Phi) is 7.04. The summed E-state index contributed by atoms with van der Waals surface area (Å²) in [4.78, 5) is 27.8. The molecule has 0 unspecified atom stereocenters. The first kappa shape index (κ1) is 24.1. The minimum absolute atomic E-state index is 0.0722. The summed E-state index contributed by atoms with van der Waals surface area (Å²) in [6, 6.07) is 13.5. The van der Waals surface area contributed by atoms with E-state index >= 15 is 0 Å². The fraction of sp³-hybridized carbons (Fsp3) is 0.393. The van der Waals surface area contributed by atoms with Crippen LogP contribution in [0.25, 0.3) is 0 Å². The zero-order chi connectivity index (χ0) is 25.1. The molecule has 2 aliphatic rings. The smallest absolute Gasteiger partial charge is 0.306 e. The zero-order valence-corrected chi connectivity index (χ0v) is 20.9. The van der Waals surface area contributed by atoms with Crippen molar-refractivity contribution in [1.29, 1.82) is 0 Å². The Labute approximate surface area is 211 Å². The van der Waals surface area contributed by atoms with Gasteiger partial charge in [0.2, 0.25) is 0 Å². The van der Waals surface area contributed by atoms with Crippen molar-refractivity contribution in [3.63, 3.8) is 0 Å². The summed E-state index contributed by atoms with van der Waals surface area (Å²) in [5.74, 6) is 1.12. The standard InChI is InChI=1S/C28H33N5O3/c1-19-15-22(8-7-21(19)9-10-26(34)36-18-20-11-13-29-14-12-20)28(35)33-17-23-16-30-32(2)27(23)31-24-5-3-4-6-25(24)33/h3-8,15-16,20,29,31H,9-14,17-18H2,1-2H3. The second-order valence-electron chi connectivity index (χ2n) is 9.69. The van der Waals surface area contributed by atoms with Crippen molar-refractivity contribution < 1.29 is 14.3 Å². The number of nitrogens with one attached hydrogen (secondary N) is 2. The second kappa shape index (κ2) is 10.5. The van der Waals surface area contributed by atoms with Crippen molar-refractivity contribution in [3.8, 4) is 0 Å². The van der Waals surface area contributed by atoms with Crippen LogP contribution in [0, 0.1) is 12.8 Å². The van der Waals surface area contributed by atoms with E-state index < -0.39 is 0 Å². The molecule has 1 aromatic heterocycles. The number of ether oxygens (including phenoxy) is 1. The third-order valence-electron chi connectivity index (χ3n) is 7.16. The third-order valence-corrected chi connectivity index (χ3v) is 7.16. The van der Waals surface area contributed by atoms with Crippen molar-refractivity contribution in [3.05, 3.63) is 70.9 Å². The summed E-state index contributed by atoms with van der Waals surface area (Å²) in [5.41, 5.74) is 5.32. The minimum atomic E-state index is -0.158. The number of para-hydroxylation sites is 2. The molecule has 0 radical (unpaired) electrons. The quantitative estimate of drug-likeness (QED) is 0.509. The fourth-order valence-electron chi connectivity index (χ4n) is 4.97. The van der Waals surface area contributed by atoms with Crippen molar-refractivity contribution in [2.24, 2.45) is 13.0 Å². The Balaban J connectivity index is 1.26. The molecular formula is C28H33N5O3. The van der Waals surface area contributed by atoms with Crippen LogP contribution in [-0.4, -0.2) is 41.4 Å². The highest BCUT2D eigenvalue weighted by Gasteiger charge is 2.27. The number of piperidine rings is 1. The molecule has 2 N–H and O–H groups in total. The number of aryl methyl sites for hydroxylation is 3. The summed E-state index contributed by atoms with van der Waals surface area (Å²) in [7, 11) is 1.89. The van der Waals surface area contributed by atoms with E-state index in [0.29, 0.717) is 37.5 Å². The van der Waals surface area contributed by atoms with Crippen molar-refractivity contribution in [2.75, 3.05) is 29.9 Å². The molecule has 3 aromatic rings. The third kappa shape index (κ3) is 5.14. The largest absolute Gasteiger partial charge is 0.465 e. The van der Waals surface area contributed by atoms with Crippen LogP contribution in [0.5, 0.6) is 0 Å². The van der Waals surface area contributed by atoms with E-state index in [9.17, 15) is 9.59 Å². The molecule has 8 nitrogen and oxygen atoms in total. The Morgan fingerprint density at radius 1 is 1.14 bits per heavy atom. The predicted octanol–water partition coefficient (Wildman–Crippen LogP) is 4.11. The Morgan fingerprint density at radius 3 is 2.75 bits per heavy atom. The first-order valence-corrected chi connectivity index (χ1v) is 12.6. The molecule has 0 saturated carbocycles. The van der Waals surface area contributed by atoms with Crippen molar-refractivity contribution in [1.82, 2.24) is 15.1 Å². The maximum absolute atomic E-state index is 13.7. The normalized spacial score (nSPS) is 15.4. The first-order chi connectivity index (χ1) is 17.5. The number of rotatable bonds is 6. The summed E-state index contributed by atoms with van der Waals surface area (Å²) in [6.07, 6.45) is 4.85. The van der Waals surface area contributed by atoms with Gasteiger partial charge < -0.3 is 20.3 Å². The van der Waals surface area contributed by atoms with Gasteiger partial charge in [0.05, 0.1) is 30.7 Å². The number of hydrogen-bond donors (Lipinski definition) is 2. The monoisotopic (exact) mass is 487 g/mol.